The van der Waals surface area contributed by atoms with Gasteiger partial charge in [-0.2, -0.15) is 4.72 Å². The van der Waals surface area contributed by atoms with Gasteiger partial charge in [-0.3, -0.25) is 4.79 Å². The summed E-state index contributed by atoms with van der Waals surface area (Å²) in [4.78, 5) is 13.1. The second-order valence-corrected chi connectivity index (χ2v) is 12.0. The molecule has 1 N–H and O–H groups in total. The van der Waals surface area contributed by atoms with E-state index >= 15 is 0 Å². The molecule has 1 aromatic carbocycles. The van der Waals surface area contributed by atoms with Gasteiger partial charge in [0.2, 0.25) is 10.0 Å². The molecule has 1 aromatic rings. The molecule has 0 amide bonds. The number of hydrogen-bond donors (Lipinski definition) is 1. The number of carbonyl (C=O) groups is 1. The Balaban J connectivity index is 1.48. The molecule has 28 heavy (non-hydrogen) atoms. The maximum atomic E-state index is 13.1. The van der Waals surface area contributed by atoms with Gasteiger partial charge in [0.15, 0.2) is 5.78 Å². The molecule has 4 bridgehead atoms. The minimum Gasteiger partial charge on any atom is -0.298 e. The standard InChI is InChI=1S/C21H27Cl2NO3S/c1-21(2,24-28(26,27)19-4-3-16(22)10-18(19)23)20(25)11-17-14-6-12-5-13(8-14)9-15(17)7-12/h3-4,10,12-15,17,24H,5-9,11H2,1-2H3. The normalized spacial score (nSPS) is 31.9. The lowest BCUT2D eigenvalue weighted by molar-refractivity contribution is -0.128. The van der Waals surface area contributed by atoms with Crippen molar-refractivity contribution >= 4 is 39.0 Å². The number of Topliss-reactive ketones (excluding diaryl/α,β-unsaturated/α-hetero) is 1. The zero-order chi connectivity index (χ0) is 20.3. The molecule has 5 rings (SSSR count). The first kappa shape index (κ1) is 20.6. The molecule has 0 aliphatic heterocycles. The third-order valence-electron chi connectivity index (χ3n) is 7.11. The minimum absolute atomic E-state index is 0.0429. The first-order chi connectivity index (χ1) is 13.0. The van der Waals surface area contributed by atoms with Gasteiger partial charge in [0.05, 0.1) is 10.6 Å². The van der Waals surface area contributed by atoms with Crippen LogP contribution in [-0.4, -0.2) is 19.7 Å². The van der Waals surface area contributed by atoms with Crippen LogP contribution in [0.15, 0.2) is 23.1 Å². The van der Waals surface area contributed by atoms with Crippen LogP contribution in [0.1, 0.15) is 52.4 Å². The Labute approximate surface area is 177 Å². The fraction of sp³-hybridized carbons (Fsp3) is 0.667. The summed E-state index contributed by atoms with van der Waals surface area (Å²) in [5.74, 6) is 3.35. The molecule has 7 heteroatoms. The summed E-state index contributed by atoms with van der Waals surface area (Å²) in [7, 11) is -3.93. The number of hydrogen-bond acceptors (Lipinski definition) is 3. The van der Waals surface area contributed by atoms with E-state index in [2.05, 4.69) is 4.72 Å². The van der Waals surface area contributed by atoms with Crippen LogP contribution >= 0.6 is 23.2 Å². The van der Waals surface area contributed by atoms with Gasteiger partial charge in [-0.1, -0.05) is 23.2 Å². The summed E-state index contributed by atoms with van der Waals surface area (Å²) < 4.78 is 28.2. The Kier molecular flexibility index (Phi) is 5.35. The zero-order valence-electron chi connectivity index (χ0n) is 16.3. The van der Waals surface area contributed by atoms with Gasteiger partial charge in [-0.05, 0) is 93.7 Å². The monoisotopic (exact) mass is 443 g/mol. The third kappa shape index (κ3) is 3.88. The summed E-state index contributed by atoms with van der Waals surface area (Å²) in [5.41, 5.74) is -1.18. The Morgan fingerprint density at radius 2 is 1.64 bits per heavy atom. The first-order valence-corrected chi connectivity index (χ1v) is 12.3. The number of halogens is 2. The Bertz CT molecular complexity index is 869. The SMILES string of the molecule is CC(C)(NS(=O)(=O)c1ccc(Cl)cc1Cl)C(=O)CC1C2CC3CC(C2)CC1C3. The number of rotatable bonds is 6. The van der Waals surface area contributed by atoms with Crippen LogP contribution in [0.4, 0.5) is 0 Å². The van der Waals surface area contributed by atoms with Crippen LogP contribution in [0.2, 0.25) is 10.0 Å². The van der Waals surface area contributed by atoms with Crippen molar-refractivity contribution in [1.82, 2.24) is 4.72 Å². The quantitative estimate of drug-likeness (QED) is 0.666. The van der Waals surface area contributed by atoms with Gasteiger partial charge < -0.3 is 0 Å². The second kappa shape index (κ2) is 7.26. The van der Waals surface area contributed by atoms with Crippen molar-refractivity contribution in [2.45, 2.75) is 62.8 Å². The molecule has 4 fully saturated rings. The van der Waals surface area contributed by atoms with E-state index in [1.165, 1.54) is 50.3 Å². The van der Waals surface area contributed by atoms with Crippen LogP contribution < -0.4 is 4.72 Å². The van der Waals surface area contributed by atoms with Crippen LogP contribution in [-0.2, 0) is 14.8 Å². The average Bonchev–Trinajstić information content (AvgIpc) is 2.55. The molecule has 4 nitrogen and oxygen atoms in total. The van der Waals surface area contributed by atoms with E-state index < -0.39 is 15.6 Å². The maximum Gasteiger partial charge on any atom is 0.242 e. The highest BCUT2D eigenvalue weighted by molar-refractivity contribution is 7.89. The molecule has 0 atom stereocenters. The molecule has 0 unspecified atom stereocenters. The number of carbonyl (C=O) groups excluding carboxylic acids is 1. The van der Waals surface area contributed by atoms with Crippen molar-refractivity contribution < 1.29 is 13.2 Å². The number of nitrogens with one attached hydrogen (secondary N) is 1. The lowest BCUT2D eigenvalue weighted by atomic mass is 9.51. The molecule has 154 valence electrons. The molecule has 0 heterocycles. The summed E-state index contributed by atoms with van der Waals surface area (Å²) in [6.45, 7) is 3.29. The van der Waals surface area contributed by atoms with Crippen molar-refractivity contribution in [2.75, 3.05) is 0 Å². The number of ketones is 1. The highest BCUT2D eigenvalue weighted by Gasteiger charge is 2.49. The summed E-state index contributed by atoms with van der Waals surface area (Å²) in [6, 6.07) is 4.23. The molecule has 0 saturated heterocycles. The fourth-order valence-electron chi connectivity index (χ4n) is 5.98. The maximum absolute atomic E-state index is 13.1. The summed E-state index contributed by atoms with van der Waals surface area (Å²) in [6.07, 6.45) is 6.82. The smallest absolute Gasteiger partial charge is 0.242 e. The van der Waals surface area contributed by atoms with Crippen LogP contribution in [0.25, 0.3) is 0 Å². The van der Waals surface area contributed by atoms with Gasteiger partial charge in [0, 0.05) is 11.4 Å². The van der Waals surface area contributed by atoms with Gasteiger partial charge in [0.1, 0.15) is 4.90 Å². The van der Waals surface area contributed by atoms with Crippen LogP contribution in [0.5, 0.6) is 0 Å². The lowest BCUT2D eigenvalue weighted by Crippen LogP contribution is -2.52. The third-order valence-corrected chi connectivity index (χ3v) is 9.49. The van der Waals surface area contributed by atoms with Crippen molar-refractivity contribution in [1.29, 1.82) is 0 Å². The Morgan fingerprint density at radius 1 is 1.07 bits per heavy atom. The summed E-state index contributed by atoms with van der Waals surface area (Å²) >= 11 is 11.9. The molecule has 4 aliphatic rings. The largest absolute Gasteiger partial charge is 0.298 e. The first-order valence-electron chi connectivity index (χ1n) is 10.1. The van der Waals surface area contributed by atoms with E-state index in [0.717, 1.165) is 11.8 Å². The second-order valence-electron chi connectivity index (χ2n) is 9.53. The molecule has 0 radical (unpaired) electrons. The molecule has 4 saturated carbocycles. The molecule has 0 spiro atoms. The van der Waals surface area contributed by atoms with E-state index in [9.17, 15) is 13.2 Å². The lowest BCUT2D eigenvalue weighted by Gasteiger charge is -2.54. The van der Waals surface area contributed by atoms with Gasteiger partial charge >= 0.3 is 0 Å². The molecule has 0 aromatic heterocycles. The number of sulfonamides is 1. The van der Waals surface area contributed by atoms with Gasteiger partial charge in [0.25, 0.3) is 0 Å². The average molecular weight is 444 g/mol. The van der Waals surface area contributed by atoms with E-state index in [0.29, 0.717) is 29.2 Å². The Morgan fingerprint density at radius 3 is 2.18 bits per heavy atom. The predicted molar refractivity (Wildman–Crippen MR) is 111 cm³/mol. The fourth-order valence-corrected chi connectivity index (χ4v) is 8.15. The van der Waals surface area contributed by atoms with E-state index in [1.807, 2.05) is 0 Å². The van der Waals surface area contributed by atoms with Crippen molar-refractivity contribution in [3.8, 4) is 0 Å². The van der Waals surface area contributed by atoms with Crippen molar-refractivity contribution in [2.24, 2.45) is 29.6 Å². The molecule has 4 aliphatic carbocycles. The molecular formula is C21H27Cl2NO3S. The van der Waals surface area contributed by atoms with Gasteiger partial charge in [-0.25, -0.2) is 8.42 Å². The number of benzene rings is 1. The van der Waals surface area contributed by atoms with Crippen molar-refractivity contribution in [3.63, 3.8) is 0 Å². The topological polar surface area (TPSA) is 63.2 Å². The summed E-state index contributed by atoms with van der Waals surface area (Å²) in [5, 5.41) is 0.408. The zero-order valence-corrected chi connectivity index (χ0v) is 18.6. The van der Waals surface area contributed by atoms with Crippen LogP contribution in [0, 0.1) is 29.6 Å². The highest BCUT2D eigenvalue weighted by atomic mass is 35.5. The Hall–Kier alpha value is -0.620. The van der Waals surface area contributed by atoms with E-state index in [1.54, 1.807) is 13.8 Å². The van der Waals surface area contributed by atoms with Crippen LogP contribution in [0.3, 0.4) is 0 Å². The van der Waals surface area contributed by atoms with Crippen molar-refractivity contribution in [3.05, 3.63) is 28.2 Å². The van der Waals surface area contributed by atoms with E-state index in [-0.39, 0.29) is 15.7 Å². The predicted octanol–water partition coefficient (Wildman–Crippen LogP) is 5.08. The minimum atomic E-state index is -3.93. The highest BCUT2D eigenvalue weighted by Crippen LogP contribution is 2.57. The van der Waals surface area contributed by atoms with E-state index in [4.69, 9.17) is 23.2 Å². The van der Waals surface area contributed by atoms with Gasteiger partial charge in [-0.15, -0.1) is 0 Å². The molecular weight excluding hydrogens is 417 g/mol.